The fourth-order valence-corrected chi connectivity index (χ4v) is 3.39. The first-order chi connectivity index (χ1) is 9.93. The molecule has 0 spiro atoms. The number of nitrogens with zero attached hydrogens (tertiary/aromatic N) is 1. The lowest BCUT2D eigenvalue weighted by Gasteiger charge is -2.31. The third kappa shape index (κ3) is 4.15. The molecule has 21 heavy (non-hydrogen) atoms. The Morgan fingerprint density at radius 2 is 1.76 bits per heavy atom. The van der Waals surface area contributed by atoms with Gasteiger partial charge in [0.05, 0.1) is 5.56 Å². The highest BCUT2D eigenvalue weighted by atomic mass is 79.9. The number of hydrogen-bond acceptors (Lipinski definition) is 1. The lowest BCUT2D eigenvalue weighted by molar-refractivity contribution is -0.137. The van der Waals surface area contributed by atoms with Crippen molar-refractivity contribution in [2.75, 3.05) is 11.9 Å². The van der Waals surface area contributed by atoms with E-state index in [0.29, 0.717) is 16.6 Å². The van der Waals surface area contributed by atoms with Gasteiger partial charge in [0.1, 0.15) is 0 Å². The van der Waals surface area contributed by atoms with Crippen LogP contribution in [0.2, 0.25) is 0 Å². The summed E-state index contributed by atoms with van der Waals surface area (Å²) in [6.07, 6.45) is 2.25. The van der Waals surface area contributed by atoms with Gasteiger partial charge in [0.2, 0.25) is 0 Å². The summed E-state index contributed by atoms with van der Waals surface area (Å²) in [6.45, 7) is 0. The predicted molar refractivity (Wildman–Crippen MR) is 84.0 cm³/mol. The van der Waals surface area contributed by atoms with Crippen molar-refractivity contribution in [2.45, 2.75) is 56.1 Å². The molecule has 0 heterocycles. The van der Waals surface area contributed by atoms with Gasteiger partial charge in [-0.15, -0.1) is 0 Å². The zero-order valence-electron chi connectivity index (χ0n) is 12.2. The monoisotopic (exact) mass is 363 g/mol. The van der Waals surface area contributed by atoms with E-state index in [1.165, 1.54) is 18.9 Å². The average molecular weight is 364 g/mol. The van der Waals surface area contributed by atoms with E-state index in [2.05, 4.69) is 15.9 Å². The quantitative estimate of drug-likeness (QED) is 0.487. The molecule has 1 aromatic rings. The molecule has 0 aliphatic heterocycles. The summed E-state index contributed by atoms with van der Waals surface area (Å²) >= 11 is 3.23. The fraction of sp³-hybridized carbons (Fsp3) is 0.625. The van der Waals surface area contributed by atoms with Gasteiger partial charge in [-0.25, -0.2) is 0 Å². The molecule has 0 aromatic heterocycles. The van der Waals surface area contributed by atoms with E-state index in [9.17, 15) is 13.2 Å². The zero-order chi connectivity index (χ0) is 15.5. The first-order valence-electron chi connectivity index (χ1n) is 7.42. The summed E-state index contributed by atoms with van der Waals surface area (Å²) in [5.74, 6) is 0. The van der Waals surface area contributed by atoms with Crippen LogP contribution in [0.3, 0.4) is 0 Å². The number of rotatable bonds is 3. The van der Waals surface area contributed by atoms with E-state index < -0.39 is 11.7 Å². The van der Waals surface area contributed by atoms with Gasteiger partial charge in [-0.3, -0.25) is 0 Å². The van der Waals surface area contributed by atoms with Crippen molar-refractivity contribution >= 4 is 21.6 Å². The molecule has 0 amide bonds. The summed E-state index contributed by atoms with van der Waals surface area (Å²) in [5.41, 5.74) is 0.436. The first kappa shape index (κ1) is 16.7. The summed E-state index contributed by atoms with van der Waals surface area (Å²) in [6, 6.07) is 4.86. The molecule has 1 nitrogen and oxygen atoms in total. The Morgan fingerprint density at radius 3 is 2.29 bits per heavy atom. The van der Waals surface area contributed by atoms with Crippen LogP contribution in [-0.4, -0.2) is 13.1 Å². The Kier molecular flexibility index (Phi) is 5.58. The molecular formula is C16H21BrF3N. The summed E-state index contributed by atoms with van der Waals surface area (Å²) < 4.78 is 40.0. The molecule has 0 atom stereocenters. The van der Waals surface area contributed by atoms with E-state index in [4.69, 9.17) is 0 Å². The smallest absolute Gasteiger partial charge is 0.371 e. The molecule has 1 fully saturated rings. The number of halogens is 4. The molecule has 1 saturated carbocycles. The van der Waals surface area contributed by atoms with Gasteiger partial charge in [0, 0.05) is 24.1 Å². The molecule has 0 N–H and O–H groups in total. The largest absolute Gasteiger partial charge is 0.418 e. The van der Waals surface area contributed by atoms with Crippen molar-refractivity contribution in [3.8, 4) is 0 Å². The van der Waals surface area contributed by atoms with E-state index in [1.807, 2.05) is 4.90 Å². The Balaban J connectivity index is 2.32. The van der Waals surface area contributed by atoms with Crippen LogP contribution in [0, 0.1) is 0 Å². The molecular weight excluding hydrogens is 343 g/mol. The highest BCUT2D eigenvalue weighted by Gasteiger charge is 2.35. The molecule has 2 rings (SSSR count). The van der Waals surface area contributed by atoms with Crippen LogP contribution in [0.4, 0.5) is 18.9 Å². The number of anilines is 1. The topological polar surface area (TPSA) is 3.24 Å². The van der Waals surface area contributed by atoms with Gasteiger partial charge in [-0.2, -0.15) is 13.2 Å². The van der Waals surface area contributed by atoms with Crippen LogP contribution in [0.1, 0.15) is 49.7 Å². The standard InChI is InChI=1S/C16H21BrF3N/c1-21(13-6-4-2-3-5-7-13)15-9-8-12(11-17)10-14(15)16(18,19)20/h8-10,13H,2-7,11H2,1H3. The van der Waals surface area contributed by atoms with Gasteiger partial charge in [0.15, 0.2) is 0 Å². The maximum absolute atomic E-state index is 13.3. The van der Waals surface area contributed by atoms with Crippen molar-refractivity contribution in [3.05, 3.63) is 29.3 Å². The minimum absolute atomic E-state index is 0.212. The van der Waals surface area contributed by atoms with Gasteiger partial charge < -0.3 is 4.90 Å². The second-order valence-corrected chi connectivity index (χ2v) is 6.30. The Bertz CT molecular complexity index is 465. The molecule has 118 valence electrons. The molecule has 0 unspecified atom stereocenters. The van der Waals surface area contributed by atoms with Gasteiger partial charge in [-0.05, 0) is 30.5 Å². The normalized spacial score (nSPS) is 17.6. The maximum Gasteiger partial charge on any atom is 0.418 e. The van der Waals surface area contributed by atoms with Crippen LogP contribution >= 0.6 is 15.9 Å². The molecule has 1 aromatic carbocycles. The molecule has 0 saturated heterocycles. The van der Waals surface area contributed by atoms with Crippen LogP contribution in [0.25, 0.3) is 0 Å². The fourth-order valence-electron chi connectivity index (χ4n) is 3.04. The second-order valence-electron chi connectivity index (χ2n) is 5.74. The highest BCUT2D eigenvalue weighted by Crippen LogP contribution is 2.39. The SMILES string of the molecule is CN(c1ccc(CBr)cc1C(F)(F)F)C1CCCCCC1. The lowest BCUT2D eigenvalue weighted by atomic mass is 10.0. The highest BCUT2D eigenvalue weighted by molar-refractivity contribution is 9.08. The molecule has 5 heteroatoms. The van der Waals surface area contributed by atoms with Crippen molar-refractivity contribution in [1.82, 2.24) is 0 Å². The Morgan fingerprint density at radius 1 is 1.14 bits per heavy atom. The first-order valence-corrected chi connectivity index (χ1v) is 8.54. The second kappa shape index (κ2) is 7.03. The van der Waals surface area contributed by atoms with Crippen LogP contribution in [0.15, 0.2) is 18.2 Å². The van der Waals surface area contributed by atoms with Crippen molar-refractivity contribution in [1.29, 1.82) is 0 Å². The van der Waals surface area contributed by atoms with Crippen molar-refractivity contribution in [3.63, 3.8) is 0 Å². The molecule has 0 bridgehead atoms. The minimum Gasteiger partial charge on any atom is -0.371 e. The van der Waals surface area contributed by atoms with E-state index in [1.54, 1.807) is 19.2 Å². The number of benzene rings is 1. The minimum atomic E-state index is -4.31. The van der Waals surface area contributed by atoms with Crippen molar-refractivity contribution in [2.24, 2.45) is 0 Å². The lowest BCUT2D eigenvalue weighted by Crippen LogP contribution is -2.32. The summed E-state index contributed by atoms with van der Waals surface area (Å²) in [5, 5.41) is 0.434. The number of alkyl halides is 4. The van der Waals surface area contributed by atoms with Gasteiger partial charge in [0.25, 0.3) is 0 Å². The third-order valence-electron chi connectivity index (χ3n) is 4.27. The van der Waals surface area contributed by atoms with Crippen LogP contribution < -0.4 is 4.90 Å². The molecule has 1 aliphatic carbocycles. The van der Waals surface area contributed by atoms with E-state index in [0.717, 1.165) is 25.7 Å². The summed E-state index contributed by atoms with van der Waals surface area (Å²) in [7, 11) is 1.80. The molecule has 0 radical (unpaired) electrons. The number of hydrogen-bond donors (Lipinski definition) is 0. The maximum atomic E-state index is 13.3. The predicted octanol–water partition coefficient (Wildman–Crippen LogP) is 5.76. The average Bonchev–Trinajstić information content (AvgIpc) is 2.74. The Labute approximate surface area is 132 Å². The summed E-state index contributed by atoms with van der Waals surface area (Å²) in [4.78, 5) is 1.84. The van der Waals surface area contributed by atoms with Gasteiger partial charge >= 0.3 is 6.18 Å². The third-order valence-corrected chi connectivity index (χ3v) is 4.92. The van der Waals surface area contributed by atoms with Crippen molar-refractivity contribution < 1.29 is 13.2 Å². The van der Waals surface area contributed by atoms with E-state index in [-0.39, 0.29) is 6.04 Å². The molecule has 1 aliphatic rings. The van der Waals surface area contributed by atoms with Crippen LogP contribution in [-0.2, 0) is 11.5 Å². The zero-order valence-corrected chi connectivity index (χ0v) is 13.8. The van der Waals surface area contributed by atoms with E-state index >= 15 is 0 Å². The van der Waals surface area contributed by atoms with Gasteiger partial charge in [-0.1, -0.05) is 47.7 Å². The van der Waals surface area contributed by atoms with Crippen LogP contribution in [0.5, 0.6) is 0 Å². The Hall–Kier alpha value is -0.710.